The smallest absolute Gasteiger partial charge is 0.262 e. The molecule has 4 rings (SSSR count). The second kappa shape index (κ2) is 10.1. The molecule has 6 nitrogen and oxygen atoms in total. The highest BCUT2D eigenvalue weighted by Crippen LogP contribution is 2.29. The zero-order valence-corrected chi connectivity index (χ0v) is 18.6. The Morgan fingerprint density at radius 2 is 1.48 bits per heavy atom. The number of hydrogen-bond donors (Lipinski definition) is 2. The molecule has 0 aliphatic heterocycles. The third-order valence-corrected chi connectivity index (χ3v) is 5.19. The van der Waals surface area contributed by atoms with Gasteiger partial charge in [-0.15, -0.1) is 0 Å². The quantitative estimate of drug-likeness (QED) is 0.367. The van der Waals surface area contributed by atoms with Crippen LogP contribution < -0.4 is 20.1 Å². The van der Waals surface area contributed by atoms with Crippen molar-refractivity contribution in [1.29, 1.82) is 0 Å². The molecule has 0 radical (unpaired) electrons. The number of anilines is 2. The van der Waals surface area contributed by atoms with Gasteiger partial charge in [0, 0.05) is 10.7 Å². The van der Waals surface area contributed by atoms with Crippen molar-refractivity contribution in [2.45, 2.75) is 0 Å². The molecule has 0 fully saturated rings. The number of fused-ring (bicyclic) bond motifs is 1. The first-order chi connectivity index (χ1) is 16.0. The molecule has 0 unspecified atom stereocenters. The van der Waals surface area contributed by atoms with Crippen LogP contribution in [0, 0.1) is 0 Å². The topological polar surface area (TPSA) is 76.7 Å². The van der Waals surface area contributed by atoms with Crippen LogP contribution in [0.2, 0.25) is 5.02 Å². The molecule has 0 heterocycles. The molecule has 2 N–H and O–H groups in total. The minimum absolute atomic E-state index is 0.268. The van der Waals surface area contributed by atoms with Crippen molar-refractivity contribution in [2.24, 2.45) is 0 Å². The molecule has 2 amide bonds. The summed E-state index contributed by atoms with van der Waals surface area (Å²) in [7, 11) is 1.54. The zero-order chi connectivity index (χ0) is 23.2. The molecular formula is C26H21ClN2O4. The van der Waals surface area contributed by atoms with E-state index in [9.17, 15) is 9.59 Å². The lowest BCUT2D eigenvalue weighted by molar-refractivity contribution is -0.118. The number of halogens is 1. The van der Waals surface area contributed by atoms with Crippen LogP contribution in [-0.4, -0.2) is 25.5 Å². The summed E-state index contributed by atoms with van der Waals surface area (Å²) in [6.45, 7) is -0.268. The van der Waals surface area contributed by atoms with Crippen molar-refractivity contribution in [2.75, 3.05) is 24.4 Å². The first kappa shape index (κ1) is 22.2. The van der Waals surface area contributed by atoms with Crippen LogP contribution in [0.15, 0.2) is 84.9 Å². The summed E-state index contributed by atoms with van der Waals surface area (Å²) in [6.07, 6.45) is 0. The van der Waals surface area contributed by atoms with Crippen molar-refractivity contribution in [3.63, 3.8) is 0 Å². The number of para-hydroxylation sites is 2. The third-order valence-electron chi connectivity index (χ3n) is 4.93. The molecule has 0 spiro atoms. The molecular weight excluding hydrogens is 440 g/mol. The van der Waals surface area contributed by atoms with Crippen LogP contribution in [0.25, 0.3) is 10.8 Å². The summed E-state index contributed by atoms with van der Waals surface area (Å²) in [4.78, 5) is 25.6. The van der Waals surface area contributed by atoms with E-state index in [-0.39, 0.29) is 18.4 Å². The monoisotopic (exact) mass is 460 g/mol. The molecule has 0 atom stereocenters. The van der Waals surface area contributed by atoms with Gasteiger partial charge in [-0.05, 0) is 59.3 Å². The Hall–Kier alpha value is -4.03. The van der Waals surface area contributed by atoms with E-state index in [4.69, 9.17) is 21.1 Å². The van der Waals surface area contributed by atoms with Gasteiger partial charge in [-0.3, -0.25) is 9.59 Å². The van der Waals surface area contributed by atoms with E-state index in [2.05, 4.69) is 10.6 Å². The lowest BCUT2D eigenvalue weighted by Crippen LogP contribution is -2.21. The highest BCUT2D eigenvalue weighted by molar-refractivity contribution is 6.30. The second-order valence-electron chi connectivity index (χ2n) is 7.19. The number of rotatable bonds is 7. The van der Waals surface area contributed by atoms with Gasteiger partial charge in [0.2, 0.25) is 0 Å². The van der Waals surface area contributed by atoms with E-state index < -0.39 is 0 Å². The predicted octanol–water partition coefficient (Wildman–Crippen LogP) is 5.77. The summed E-state index contributed by atoms with van der Waals surface area (Å²) >= 11 is 5.88. The van der Waals surface area contributed by atoms with Crippen molar-refractivity contribution in [3.8, 4) is 11.5 Å². The first-order valence-electron chi connectivity index (χ1n) is 10.2. The lowest BCUT2D eigenvalue weighted by atomic mass is 10.1. The van der Waals surface area contributed by atoms with Gasteiger partial charge in [-0.2, -0.15) is 0 Å². The maximum atomic E-state index is 13.2. The van der Waals surface area contributed by atoms with E-state index in [1.807, 2.05) is 30.3 Å². The van der Waals surface area contributed by atoms with Gasteiger partial charge in [0.1, 0.15) is 11.5 Å². The highest BCUT2D eigenvalue weighted by atomic mass is 35.5. The maximum Gasteiger partial charge on any atom is 0.262 e. The molecule has 0 aliphatic rings. The van der Waals surface area contributed by atoms with Gasteiger partial charge in [-0.25, -0.2) is 0 Å². The summed E-state index contributed by atoms with van der Waals surface area (Å²) in [5.41, 5.74) is 1.43. The summed E-state index contributed by atoms with van der Waals surface area (Å²) in [5, 5.41) is 7.94. The second-order valence-corrected chi connectivity index (χ2v) is 7.63. The SMILES string of the molecule is COc1ccccc1NC(=O)c1cc2ccccc2cc1OCC(=O)Nc1ccc(Cl)cc1. The summed E-state index contributed by atoms with van der Waals surface area (Å²) in [5.74, 6) is 0.101. The number of amides is 2. The van der Waals surface area contributed by atoms with Gasteiger partial charge in [-0.1, -0.05) is 48.0 Å². The molecule has 4 aromatic carbocycles. The number of ether oxygens (including phenoxy) is 2. The molecule has 4 aromatic rings. The number of methoxy groups -OCH3 is 1. The molecule has 0 aliphatic carbocycles. The fourth-order valence-electron chi connectivity index (χ4n) is 3.33. The van der Waals surface area contributed by atoms with Gasteiger partial charge >= 0.3 is 0 Å². The minimum atomic E-state index is -0.377. The van der Waals surface area contributed by atoms with E-state index in [1.165, 1.54) is 7.11 Å². The zero-order valence-electron chi connectivity index (χ0n) is 17.8. The fourth-order valence-corrected chi connectivity index (χ4v) is 3.45. The van der Waals surface area contributed by atoms with Crippen molar-refractivity contribution in [3.05, 3.63) is 95.5 Å². The molecule has 0 bridgehead atoms. The van der Waals surface area contributed by atoms with Crippen LogP contribution in [0.1, 0.15) is 10.4 Å². The van der Waals surface area contributed by atoms with Crippen LogP contribution in [0.3, 0.4) is 0 Å². The molecule has 0 aromatic heterocycles. The Kier molecular flexibility index (Phi) is 6.76. The molecule has 7 heteroatoms. The largest absolute Gasteiger partial charge is 0.495 e. The van der Waals surface area contributed by atoms with E-state index in [0.717, 1.165) is 10.8 Å². The van der Waals surface area contributed by atoms with Gasteiger partial charge in [0.05, 0.1) is 18.4 Å². The number of carbonyl (C=O) groups excluding carboxylic acids is 2. The molecule has 33 heavy (non-hydrogen) atoms. The van der Waals surface area contributed by atoms with Crippen molar-refractivity contribution < 1.29 is 19.1 Å². The summed E-state index contributed by atoms with van der Waals surface area (Å²) < 4.78 is 11.1. The van der Waals surface area contributed by atoms with Crippen molar-refractivity contribution >= 4 is 45.6 Å². The standard InChI is InChI=1S/C26H21ClN2O4/c1-32-23-9-5-4-8-22(23)29-26(31)21-14-17-6-2-3-7-18(17)15-24(21)33-16-25(30)28-20-12-10-19(27)11-13-20/h2-15H,16H2,1H3,(H,28,30)(H,29,31). The van der Waals surface area contributed by atoms with Crippen LogP contribution in [-0.2, 0) is 4.79 Å². The van der Waals surface area contributed by atoms with Gasteiger partial charge < -0.3 is 20.1 Å². The molecule has 0 saturated carbocycles. The highest BCUT2D eigenvalue weighted by Gasteiger charge is 2.17. The Labute approximate surface area is 196 Å². The van der Waals surface area contributed by atoms with E-state index >= 15 is 0 Å². The predicted molar refractivity (Wildman–Crippen MR) is 130 cm³/mol. The van der Waals surface area contributed by atoms with Crippen LogP contribution >= 0.6 is 11.6 Å². The number of benzene rings is 4. The Morgan fingerprint density at radius 1 is 0.818 bits per heavy atom. The third kappa shape index (κ3) is 5.42. The van der Waals surface area contributed by atoms with Crippen molar-refractivity contribution in [1.82, 2.24) is 0 Å². The number of carbonyl (C=O) groups is 2. The van der Waals surface area contributed by atoms with Crippen LogP contribution in [0.5, 0.6) is 11.5 Å². The minimum Gasteiger partial charge on any atom is -0.495 e. The number of nitrogens with one attached hydrogen (secondary N) is 2. The van der Waals surface area contributed by atoms with Crippen LogP contribution in [0.4, 0.5) is 11.4 Å². The maximum absolute atomic E-state index is 13.2. The molecule has 166 valence electrons. The Morgan fingerprint density at radius 3 is 2.21 bits per heavy atom. The Bertz CT molecular complexity index is 1310. The summed E-state index contributed by atoms with van der Waals surface area (Å²) in [6, 6.07) is 25.0. The normalized spacial score (nSPS) is 10.5. The van der Waals surface area contributed by atoms with E-state index in [1.54, 1.807) is 54.6 Å². The lowest BCUT2D eigenvalue weighted by Gasteiger charge is -2.15. The number of hydrogen-bond acceptors (Lipinski definition) is 4. The Balaban J connectivity index is 1.57. The van der Waals surface area contributed by atoms with Gasteiger partial charge in [0.15, 0.2) is 6.61 Å². The fraction of sp³-hybridized carbons (Fsp3) is 0.0769. The van der Waals surface area contributed by atoms with Gasteiger partial charge in [0.25, 0.3) is 11.8 Å². The van der Waals surface area contributed by atoms with E-state index in [0.29, 0.717) is 33.5 Å². The average molecular weight is 461 g/mol. The molecule has 0 saturated heterocycles. The average Bonchev–Trinajstić information content (AvgIpc) is 2.84. The first-order valence-corrected chi connectivity index (χ1v) is 10.6.